The zero-order valence-corrected chi connectivity index (χ0v) is 16.7. The van der Waals surface area contributed by atoms with Crippen molar-refractivity contribution in [3.8, 4) is 11.5 Å². The number of benzene rings is 2. The van der Waals surface area contributed by atoms with E-state index < -0.39 is 0 Å². The maximum Gasteiger partial charge on any atom is 0.272 e. The van der Waals surface area contributed by atoms with E-state index in [-0.39, 0.29) is 5.91 Å². The molecule has 6 nitrogen and oxygen atoms in total. The normalized spacial score (nSPS) is 11.0. The van der Waals surface area contributed by atoms with Crippen LogP contribution in [-0.4, -0.2) is 31.3 Å². The number of methoxy groups -OCH3 is 2. The molecule has 0 bridgehead atoms. The number of pyridine rings is 1. The lowest BCUT2D eigenvalue weighted by Gasteiger charge is -2.10. The number of aryl methyl sites for hydroxylation is 1. The van der Waals surface area contributed by atoms with Gasteiger partial charge in [-0.3, -0.25) is 9.78 Å². The zero-order chi connectivity index (χ0) is 19.4. The minimum Gasteiger partial charge on any atom is -0.493 e. The lowest BCUT2D eigenvalue weighted by atomic mass is 10.1. The molecule has 0 spiro atoms. The number of halogens is 1. The lowest BCUT2D eigenvalue weighted by molar-refractivity contribution is 0.0956. The number of nitrogens with zero attached hydrogens (tertiary/aromatic N) is 2. The molecule has 138 valence electrons. The van der Waals surface area contributed by atoms with Crippen molar-refractivity contribution >= 4 is 39.0 Å². The van der Waals surface area contributed by atoms with Gasteiger partial charge in [0.15, 0.2) is 11.5 Å². The second kappa shape index (κ2) is 8.18. The van der Waals surface area contributed by atoms with Crippen molar-refractivity contribution in [1.82, 2.24) is 10.4 Å². The number of carbonyl (C=O) groups is 1. The van der Waals surface area contributed by atoms with E-state index in [9.17, 15) is 4.79 Å². The zero-order valence-electron chi connectivity index (χ0n) is 15.1. The molecule has 1 heterocycles. The second-order valence-corrected chi connectivity index (χ2v) is 6.62. The highest BCUT2D eigenvalue weighted by Crippen LogP contribution is 2.35. The monoisotopic (exact) mass is 427 g/mol. The number of hydrogen-bond acceptors (Lipinski definition) is 5. The van der Waals surface area contributed by atoms with E-state index in [1.165, 1.54) is 0 Å². The first-order valence-corrected chi connectivity index (χ1v) is 8.94. The van der Waals surface area contributed by atoms with Gasteiger partial charge in [0.05, 0.1) is 36.0 Å². The van der Waals surface area contributed by atoms with Gasteiger partial charge < -0.3 is 9.47 Å². The Morgan fingerprint density at radius 3 is 2.70 bits per heavy atom. The van der Waals surface area contributed by atoms with Crippen LogP contribution in [0.3, 0.4) is 0 Å². The highest BCUT2D eigenvalue weighted by molar-refractivity contribution is 9.10. The first-order chi connectivity index (χ1) is 13.0. The highest BCUT2D eigenvalue weighted by atomic mass is 79.9. The molecule has 27 heavy (non-hydrogen) atoms. The molecule has 2 aromatic carbocycles. The molecule has 0 radical (unpaired) electrons. The Morgan fingerprint density at radius 1 is 1.19 bits per heavy atom. The van der Waals surface area contributed by atoms with E-state index in [4.69, 9.17) is 9.47 Å². The van der Waals surface area contributed by atoms with Gasteiger partial charge in [-0.2, -0.15) is 5.10 Å². The molecule has 0 unspecified atom stereocenters. The number of carbonyl (C=O) groups excluding carboxylic acids is 1. The Labute approximate surface area is 165 Å². The van der Waals surface area contributed by atoms with Crippen molar-refractivity contribution in [3.63, 3.8) is 0 Å². The first kappa shape index (κ1) is 18.8. The van der Waals surface area contributed by atoms with Gasteiger partial charge in [0.2, 0.25) is 0 Å². The number of rotatable bonds is 5. The molecule has 0 aliphatic carbocycles. The summed E-state index contributed by atoms with van der Waals surface area (Å²) in [6.45, 7) is 1.85. The summed E-state index contributed by atoms with van der Waals surface area (Å²) in [5.41, 5.74) is 5.39. The van der Waals surface area contributed by atoms with E-state index in [0.29, 0.717) is 17.1 Å². The number of aromatic nitrogens is 1. The second-order valence-electron chi connectivity index (χ2n) is 5.77. The summed E-state index contributed by atoms with van der Waals surface area (Å²) in [5.74, 6) is 0.861. The summed E-state index contributed by atoms with van der Waals surface area (Å²) in [7, 11) is 3.13. The van der Waals surface area contributed by atoms with E-state index in [1.807, 2.05) is 37.3 Å². The summed E-state index contributed by atoms with van der Waals surface area (Å²) < 4.78 is 11.3. The van der Waals surface area contributed by atoms with Gasteiger partial charge >= 0.3 is 0 Å². The number of fused-ring (bicyclic) bond motifs is 1. The minimum absolute atomic E-state index is 0.299. The predicted octanol–water partition coefficient (Wildman–Crippen LogP) is 4.09. The lowest BCUT2D eigenvalue weighted by Crippen LogP contribution is -2.18. The van der Waals surface area contributed by atoms with Crippen molar-refractivity contribution < 1.29 is 14.3 Å². The molecule has 1 aromatic heterocycles. The number of ether oxygens (including phenoxy) is 2. The van der Waals surface area contributed by atoms with Gasteiger partial charge in [-0.05, 0) is 52.7 Å². The summed E-state index contributed by atoms with van der Waals surface area (Å²) >= 11 is 3.43. The van der Waals surface area contributed by atoms with Gasteiger partial charge in [-0.25, -0.2) is 5.43 Å². The molecule has 0 atom stereocenters. The van der Waals surface area contributed by atoms with Crippen LogP contribution >= 0.6 is 15.9 Å². The largest absolute Gasteiger partial charge is 0.493 e. The van der Waals surface area contributed by atoms with E-state index in [2.05, 4.69) is 31.4 Å². The fraction of sp³-hybridized carbons (Fsp3) is 0.150. The third-order valence-electron chi connectivity index (χ3n) is 3.92. The molecular formula is C20H18BrN3O3. The summed E-state index contributed by atoms with van der Waals surface area (Å²) in [6, 6.07) is 12.9. The Bertz CT molecular complexity index is 1030. The van der Waals surface area contributed by atoms with Crippen molar-refractivity contribution in [2.45, 2.75) is 6.92 Å². The predicted molar refractivity (Wildman–Crippen MR) is 109 cm³/mol. The van der Waals surface area contributed by atoms with E-state index >= 15 is 0 Å². The van der Waals surface area contributed by atoms with Crippen molar-refractivity contribution in [2.75, 3.05) is 14.2 Å². The quantitative estimate of drug-likeness (QED) is 0.491. The molecule has 0 fully saturated rings. The average molecular weight is 428 g/mol. The van der Waals surface area contributed by atoms with Gasteiger partial charge in [-0.1, -0.05) is 18.2 Å². The van der Waals surface area contributed by atoms with Crippen molar-refractivity contribution in [2.24, 2.45) is 5.10 Å². The van der Waals surface area contributed by atoms with Gasteiger partial charge in [0.25, 0.3) is 5.91 Å². The maximum absolute atomic E-state index is 12.6. The summed E-state index contributed by atoms with van der Waals surface area (Å²) in [5, 5.41) is 4.85. The van der Waals surface area contributed by atoms with Crippen LogP contribution in [0.4, 0.5) is 0 Å². The number of hydrogen-bond donors (Lipinski definition) is 1. The van der Waals surface area contributed by atoms with Crippen LogP contribution < -0.4 is 14.9 Å². The molecule has 1 amide bonds. The van der Waals surface area contributed by atoms with Crippen LogP contribution in [0.25, 0.3) is 10.9 Å². The van der Waals surface area contributed by atoms with Gasteiger partial charge in [-0.15, -0.1) is 0 Å². The molecule has 3 aromatic rings. The third-order valence-corrected chi connectivity index (χ3v) is 4.51. The topological polar surface area (TPSA) is 72.8 Å². The fourth-order valence-corrected chi connectivity index (χ4v) is 3.36. The Morgan fingerprint density at radius 2 is 1.96 bits per heavy atom. The van der Waals surface area contributed by atoms with Crippen LogP contribution in [-0.2, 0) is 0 Å². The average Bonchev–Trinajstić information content (AvgIpc) is 2.66. The smallest absolute Gasteiger partial charge is 0.272 e. The van der Waals surface area contributed by atoms with Crippen LogP contribution in [0.2, 0.25) is 0 Å². The molecule has 7 heteroatoms. The van der Waals surface area contributed by atoms with Crippen molar-refractivity contribution in [3.05, 3.63) is 63.8 Å². The highest BCUT2D eigenvalue weighted by Gasteiger charge is 2.12. The van der Waals surface area contributed by atoms with Crippen LogP contribution in [0.5, 0.6) is 11.5 Å². The number of amides is 1. The fourth-order valence-electron chi connectivity index (χ4n) is 2.73. The van der Waals surface area contributed by atoms with Crippen LogP contribution in [0.15, 0.2) is 52.0 Å². The first-order valence-electron chi connectivity index (χ1n) is 8.14. The molecular weight excluding hydrogens is 410 g/mol. The Balaban J connectivity index is 1.83. The standard InChI is InChI=1S/C20H18BrN3O3/c1-12-8-15(14-6-4-5-7-17(14)23-12)20(25)24-22-11-13-9-16(21)19(27-3)18(10-13)26-2/h4-11H,1-3H3,(H,24,25)/b22-11+. The van der Waals surface area contributed by atoms with Crippen LogP contribution in [0.1, 0.15) is 21.6 Å². The van der Waals surface area contributed by atoms with E-state index in [1.54, 1.807) is 32.6 Å². The maximum atomic E-state index is 12.6. The van der Waals surface area contributed by atoms with Gasteiger partial charge in [0.1, 0.15) is 0 Å². The summed E-state index contributed by atoms with van der Waals surface area (Å²) in [6.07, 6.45) is 1.54. The molecule has 3 rings (SSSR count). The van der Waals surface area contributed by atoms with E-state index in [0.717, 1.165) is 26.6 Å². The number of nitrogens with one attached hydrogen (secondary N) is 1. The third kappa shape index (κ3) is 4.09. The number of hydrazone groups is 1. The molecule has 1 N–H and O–H groups in total. The molecule has 0 aliphatic heterocycles. The van der Waals surface area contributed by atoms with Crippen LogP contribution in [0, 0.1) is 6.92 Å². The van der Waals surface area contributed by atoms with Crippen molar-refractivity contribution in [1.29, 1.82) is 0 Å². The van der Waals surface area contributed by atoms with Gasteiger partial charge in [0, 0.05) is 11.1 Å². The summed E-state index contributed by atoms with van der Waals surface area (Å²) in [4.78, 5) is 17.0. The number of para-hydroxylation sites is 1. The minimum atomic E-state index is -0.299. The molecule has 0 saturated carbocycles. The molecule has 0 aliphatic rings. The molecule has 0 saturated heterocycles. The Kier molecular flexibility index (Phi) is 5.71. The SMILES string of the molecule is COc1cc(/C=N/NC(=O)c2cc(C)nc3ccccc23)cc(Br)c1OC. The Hall–Kier alpha value is -2.93.